The van der Waals surface area contributed by atoms with E-state index in [0.29, 0.717) is 13.1 Å². The van der Waals surface area contributed by atoms with Crippen LogP contribution in [0.4, 0.5) is 0 Å². The van der Waals surface area contributed by atoms with Gasteiger partial charge in [0, 0.05) is 17.1 Å². The minimum absolute atomic E-state index is 0.469. The molecule has 2 aromatic rings. The Morgan fingerprint density at radius 2 is 2.29 bits per heavy atom. The van der Waals surface area contributed by atoms with Crippen molar-refractivity contribution in [3.05, 3.63) is 52.3 Å². The van der Waals surface area contributed by atoms with Crippen molar-refractivity contribution in [2.45, 2.75) is 12.6 Å². The predicted molar refractivity (Wildman–Crippen MR) is 67.3 cm³/mol. The fraction of sp³-hybridized carbons (Fsp3) is 0.250. The minimum Gasteiger partial charge on any atom is -0.387 e. The first-order chi connectivity index (χ1) is 8.25. The summed E-state index contributed by atoms with van der Waals surface area (Å²) in [5.41, 5.74) is 0.879. The molecular formula is C12H13BrN2O2. The molecule has 1 atom stereocenters. The zero-order valence-electron chi connectivity index (χ0n) is 9.14. The summed E-state index contributed by atoms with van der Waals surface area (Å²) in [4.78, 5) is 0. The van der Waals surface area contributed by atoms with Crippen LogP contribution < -0.4 is 5.32 Å². The van der Waals surface area contributed by atoms with Gasteiger partial charge in [-0.2, -0.15) is 0 Å². The number of benzene rings is 1. The van der Waals surface area contributed by atoms with E-state index in [2.05, 4.69) is 26.4 Å². The smallest absolute Gasteiger partial charge is 0.150 e. The number of nitrogens with one attached hydrogen (secondary N) is 1. The van der Waals surface area contributed by atoms with E-state index in [1.165, 1.54) is 0 Å². The van der Waals surface area contributed by atoms with Crippen molar-refractivity contribution < 1.29 is 9.63 Å². The van der Waals surface area contributed by atoms with Gasteiger partial charge in [0.2, 0.25) is 0 Å². The van der Waals surface area contributed by atoms with Crippen molar-refractivity contribution >= 4 is 15.9 Å². The Balaban J connectivity index is 1.83. The zero-order valence-corrected chi connectivity index (χ0v) is 10.7. The maximum atomic E-state index is 9.94. The van der Waals surface area contributed by atoms with Gasteiger partial charge in [0.1, 0.15) is 5.76 Å². The van der Waals surface area contributed by atoms with E-state index in [4.69, 9.17) is 4.52 Å². The highest BCUT2D eigenvalue weighted by Crippen LogP contribution is 2.17. The molecule has 0 aliphatic carbocycles. The molecule has 0 amide bonds. The molecule has 5 heteroatoms. The second-order valence-corrected chi connectivity index (χ2v) is 4.60. The van der Waals surface area contributed by atoms with Crippen molar-refractivity contribution in [1.82, 2.24) is 10.5 Å². The molecule has 1 aromatic heterocycles. The lowest BCUT2D eigenvalue weighted by atomic mass is 10.1. The van der Waals surface area contributed by atoms with Gasteiger partial charge in [-0.1, -0.05) is 33.2 Å². The molecule has 1 aromatic carbocycles. The lowest BCUT2D eigenvalue weighted by Gasteiger charge is -2.11. The van der Waals surface area contributed by atoms with Gasteiger partial charge in [0.25, 0.3) is 0 Å². The Morgan fingerprint density at radius 1 is 1.41 bits per heavy atom. The van der Waals surface area contributed by atoms with Crippen LogP contribution in [0.5, 0.6) is 0 Å². The minimum atomic E-state index is -0.532. The van der Waals surface area contributed by atoms with Gasteiger partial charge in [0.15, 0.2) is 0 Å². The summed E-state index contributed by atoms with van der Waals surface area (Å²) in [5, 5.41) is 16.7. The van der Waals surface area contributed by atoms with Gasteiger partial charge in [-0.3, -0.25) is 0 Å². The summed E-state index contributed by atoms with van der Waals surface area (Å²) in [6, 6.07) is 9.42. The van der Waals surface area contributed by atoms with Gasteiger partial charge < -0.3 is 14.9 Å². The Labute approximate surface area is 108 Å². The van der Waals surface area contributed by atoms with Crippen LogP contribution in [0.25, 0.3) is 0 Å². The molecule has 0 radical (unpaired) electrons. The van der Waals surface area contributed by atoms with E-state index >= 15 is 0 Å². The van der Waals surface area contributed by atoms with E-state index in [1.54, 1.807) is 12.3 Å². The number of nitrogens with zero attached hydrogens (tertiary/aromatic N) is 1. The number of halogens is 1. The third-order valence-electron chi connectivity index (χ3n) is 2.36. The molecule has 0 saturated heterocycles. The van der Waals surface area contributed by atoms with Gasteiger partial charge in [-0.25, -0.2) is 0 Å². The fourth-order valence-electron chi connectivity index (χ4n) is 1.50. The molecule has 0 aliphatic heterocycles. The number of aromatic nitrogens is 1. The van der Waals surface area contributed by atoms with Crippen molar-refractivity contribution in [2.75, 3.05) is 6.54 Å². The molecule has 1 unspecified atom stereocenters. The Morgan fingerprint density at radius 3 is 3.00 bits per heavy atom. The number of aliphatic hydroxyl groups is 1. The Kier molecular flexibility index (Phi) is 4.30. The van der Waals surface area contributed by atoms with Crippen LogP contribution in [0.1, 0.15) is 17.4 Å². The van der Waals surface area contributed by atoms with Gasteiger partial charge in [0.05, 0.1) is 18.8 Å². The van der Waals surface area contributed by atoms with Crippen molar-refractivity contribution in [1.29, 1.82) is 0 Å². The predicted octanol–water partition coefficient (Wildman–Crippen LogP) is 2.26. The largest absolute Gasteiger partial charge is 0.387 e. The summed E-state index contributed by atoms with van der Waals surface area (Å²) >= 11 is 3.38. The second-order valence-electron chi connectivity index (χ2n) is 3.68. The lowest BCUT2D eigenvalue weighted by Crippen LogP contribution is -2.20. The van der Waals surface area contributed by atoms with Crippen LogP contribution in [0.15, 0.2) is 45.5 Å². The van der Waals surface area contributed by atoms with Crippen molar-refractivity contribution in [2.24, 2.45) is 0 Å². The SMILES string of the molecule is OC(CNCc1ccno1)c1cccc(Br)c1. The van der Waals surface area contributed by atoms with Crippen LogP contribution in [-0.2, 0) is 6.54 Å². The first kappa shape index (κ1) is 12.3. The Hall–Kier alpha value is -1.17. The normalized spacial score (nSPS) is 12.6. The lowest BCUT2D eigenvalue weighted by molar-refractivity contribution is 0.173. The van der Waals surface area contributed by atoms with Crippen LogP contribution >= 0.6 is 15.9 Å². The molecule has 2 rings (SSSR count). The number of aliphatic hydroxyl groups excluding tert-OH is 1. The molecular weight excluding hydrogens is 284 g/mol. The molecule has 0 aliphatic rings. The third kappa shape index (κ3) is 3.66. The van der Waals surface area contributed by atoms with E-state index in [-0.39, 0.29) is 0 Å². The van der Waals surface area contributed by atoms with Crippen LogP contribution in [0.3, 0.4) is 0 Å². The van der Waals surface area contributed by atoms with Crippen LogP contribution in [-0.4, -0.2) is 16.8 Å². The molecule has 2 N–H and O–H groups in total. The second kappa shape index (κ2) is 5.95. The summed E-state index contributed by atoms with van der Waals surface area (Å²) in [6.45, 7) is 1.03. The molecule has 17 heavy (non-hydrogen) atoms. The molecule has 0 bridgehead atoms. The maximum Gasteiger partial charge on any atom is 0.150 e. The maximum absolute atomic E-state index is 9.94. The highest BCUT2D eigenvalue weighted by molar-refractivity contribution is 9.10. The highest BCUT2D eigenvalue weighted by Gasteiger charge is 2.07. The molecule has 0 saturated carbocycles. The first-order valence-corrected chi connectivity index (χ1v) is 6.09. The van der Waals surface area contributed by atoms with E-state index < -0.39 is 6.10 Å². The quantitative estimate of drug-likeness (QED) is 0.889. The monoisotopic (exact) mass is 296 g/mol. The third-order valence-corrected chi connectivity index (χ3v) is 2.85. The van der Waals surface area contributed by atoms with Crippen molar-refractivity contribution in [3.8, 4) is 0 Å². The Bertz CT molecular complexity index is 459. The van der Waals surface area contributed by atoms with Crippen molar-refractivity contribution in [3.63, 3.8) is 0 Å². The van der Waals surface area contributed by atoms with Crippen LogP contribution in [0, 0.1) is 0 Å². The topological polar surface area (TPSA) is 58.3 Å². The fourth-order valence-corrected chi connectivity index (χ4v) is 1.91. The highest BCUT2D eigenvalue weighted by atomic mass is 79.9. The summed E-state index contributed by atoms with van der Waals surface area (Å²) < 4.78 is 5.90. The summed E-state index contributed by atoms with van der Waals surface area (Å²) in [6.07, 6.45) is 1.07. The molecule has 1 heterocycles. The van der Waals surface area contributed by atoms with Crippen LogP contribution in [0.2, 0.25) is 0 Å². The van der Waals surface area contributed by atoms with Gasteiger partial charge >= 0.3 is 0 Å². The average Bonchev–Trinajstić information content (AvgIpc) is 2.82. The summed E-state index contributed by atoms with van der Waals surface area (Å²) in [5.74, 6) is 0.756. The number of rotatable bonds is 5. The van der Waals surface area contributed by atoms with E-state index in [1.807, 2.05) is 24.3 Å². The molecule has 4 nitrogen and oxygen atoms in total. The summed E-state index contributed by atoms with van der Waals surface area (Å²) in [7, 11) is 0. The molecule has 0 spiro atoms. The van der Waals surface area contributed by atoms with E-state index in [9.17, 15) is 5.11 Å². The van der Waals surface area contributed by atoms with E-state index in [0.717, 1.165) is 15.8 Å². The zero-order chi connectivity index (χ0) is 12.1. The number of hydrogen-bond donors (Lipinski definition) is 2. The first-order valence-electron chi connectivity index (χ1n) is 5.29. The standard InChI is InChI=1S/C12H13BrN2O2/c13-10-3-1-2-9(6-10)12(16)8-14-7-11-4-5-15-17-11/h1-6,12,14,16H,7-8H2. The molecule has 90 valence electrons. The van der Waals surface area contributed by atoms with Gasteiger partial charge in [-0.05, 0) is 17.7 Å². The number of hydrogen-bond acceptors (Lipinski definition) is 4. The molecule has 0 fully saturated rings. The average molecular weight is 297 g/mol. The van der Waals surface area contributed by atoms with Gasteiger partial charge in [-0.15, -0.1) is 0 Å².